The van der Waals surface area contributed by atoms with E-state index in [0.717, 1.165) is 0 Å². The topological polar surface area (TPSA) is 250 Å². The third kappa shape index (κ3) is 14.3. The number of hydrogen-bond donors (Lipinski definition) is 1. The van der Waals surface area contributed by atoms with E-state index < -0.39 is 122 Å². The first-order chi connectivity index (χ1) is 26.7. The van der Waals surface area contributed by atoms with Crippen molar-refractivity contribution in [2.24, 2.45) is 0 Å². The van der Waals surface area contributed by atoms with Gasteiger partial charge in [-0.2, -0.15) is 0 Å². The molecule has 0 bridgehead atoms. The van der Waals surface area contributed by atoms with E-state index >= 15 is 0 Å². The van der Waals surface area contributed by atoms with Crippen molar-refractivity contribution in [3.8, 4) is 0 Å². The van der Waals surface area contributed by atoms with Gasteiger partial charge in [0, 0.05) is 51.4 Å². The summed E-state index contributed by atoms with van der Waals surface area (Å²) in [6.45, 7) is 10.9. The minimum absolute atomic E-state index is 0.0419. The predicted octanol–water partition coefficient (Wildman–Crippen LogP) is 1.79. The lowest BCUT2D eigenvalue weighted by Crippen LogP contribution is -2.68. The van der Waals surface area contributed by atoms with Crippen LogP contribution in [0, 0.1) is 0 Å². The quantitative estimate of drug-likeness (QED) is 0.0986. The van der Waals surface area contributed by atoms with Crippen molar-refractivity contribution in [3.05, 3.63) is 0 Å². The van der Waals surface area contributed by atoms with Crippen LogP contribution in [0.1, 0.15) is 107 Å². The van der Waals surface area contributed by atoms with Gasteiger partial charge in [0.1, 0.15) is 31.5 Å². The summed E-state index contributed by atoms with van der Waals surface area (Å²) in [5, 5.41) is 0. The minimum Gasteiger partial charge on any atom is -0.463 e. The molecule has 10 atom stereocenters. The Labute approximate surface area is 325 Å². The van der Waals surface area contributed by atoms with Gasteiger partial charge in [0.15, 0.2) is 43.0 Å². The Bertz CT molecular complexity index is 1360. The molecule has 2 saturated heterocycles. The third-order valence-electron chi connectivity index (χ3n) is 8.27. The maximum absolute atomic E-state index is 13.0. The average Bonchev–Trinajstić information content (AvgIpc) is 3.20. The first kappa shape index (κ1) is 47.8. The number of esters is 7. The number of carbonyl (C=O) groups is 8. The van der Waals surface area contributed by atoms with Gasteiger partial charge in [0.25, 0.3) is 0 Å². The highest BCUT2D eigenvalue weighted by Crippen LogP contribution is 2.35. The smallest absolute Gasteiger partial charge is 0.324 e. The molecule has 0 radical (unpaired) electrons. The lowest BCUT2D eigenvalue weighted by Gasteiger charge is -2.48. The summed E-state index contributed by atoms with van der Waals surface area (Å²) in [6.07, 6.45) is -17.0. The Morgan fingerprint density at radius 2 is 0.768 bits per heavy atom. The molecule has 20 nitrogen and oxygen atoms in total. The summed E-state index contributed by atoms with van der Waals surface area (Å²) in [6, 6.07) is 0. The monoisotopic (exact) mass is 805 g/mol. The van der Waals surface area contributed by atoms with Gasteiger partial charge in [0.2, 0.25) is 0 Å². The molecule has 0 aromatic rings. The van der Waals surface area contributed by atoms with Crippen molar-refractivity contribution in [2.45, 2.75) is 168 Å². The largest absolute Gasteiger partial charge is 0.463 e. The van der Waals surface area contributed by atoms with Crippen LogP contribution in [0.4, 0.5) is 0 Å². The first-order valence-corrected chi connectivity index (χ1v) is 18.9. The number of hydroxylamine groups is 1. The standard InChI is InChI=1S/C36H55NO19/c1-9-21(38)46-17-19-30(31(51-24(41)12-4)33(53-26(43)14-6)35(48-19)37-56-28(45)16-8)55-36-34(54-27(44)15-7)32(52-25(42)13-5)29(50-23(40)11-3)20(49-36)18-47-22(39)10-2/h19-20,29-37H,9-18H2,1-8H3/t19?,20-,29+,30-,31?,32?,33?,34?,35-,36+/m1/s1. The van der Waals surface area contributed by atoms with Crippen molar-refractivity contribution in [2.75, 3.05) is 13.2 Å². The molecule has 0 aromatic carbocycles. The maximum atomic E-state index is 13.0. The minimum atomic E-state index is -1.83. The van der Waals surface area contributed by atoms with E-state index in [1.54, 1.807) is 0 Å². The zero-order valence-electron chi connectivity index (χ0n) is 33.1. The van der Waals surface area contributed by atoms with E-state index in [1.165, 1.54) is 55.4 Å². The van der Waals surface area contributed by atoms with E-state index in [4.69, 9.17) is 52.2 Å². The maximum Gasteiger partial charge on any atom is 0.324 e. The van der Waals surface area contributed by atoms with Crippen LogP contribution in [0.15, 0.2) is 0 Å². The SMILES string of the molecule is CCC(=O)OCC1O[C@@H](NOC(=O)CC)C(OC(=O)CC)C(OC(=O)CC)[C@@H]1O[C@@H]1O[C@H](COC(=O)CC)[C@H](OC(=O)CC)C(OC(=O)CC)C1OC(=O)CC. The highest BCUT2D eigenvalue weighted by atomic mass is 16.8. The molecule has 5 unspecified atom stereocenters. The Morgan fingerprint density at radius 3 is 1.20 bits per heavy atom. The van der Waals surface area contributed by atoms with Crippen LogP contribution in [-0.4, -0.2) is 122 Å². The molecule has 2 heterocycles. The van der Waals surface area contributed by atoms with Crippen LogP contribution in [0.5, 0.6) is 0 Å². The number of carbonyl (C=O) groups excluding carboxylic acids is 8. The van der Waals surface area contributed by atoms with Crippen molar-refractivity contribution >= 4 is 47.8 Å². The molecule has 2 aliphatic heterocycles. The summed E-state index contributed by atoms with van der Waals surface area (Å²) in [5.74, 6) is -6.10. The van der Waals surface area contributed by atoms with Crippen molar-refractivity contribution in [3.63, 3.8) is 0 Å². The molecule has 0 aromatic heterocycles. The van der Waals surface area contributed by atoms with Crippen LogP contribution in [-0.2, 0) is 90.6 Å². The Kier molecular flexibility index (Phi) is 20.7. The van der Waals surface area contributed by atoms with Crippen molar-refractivity contribution in [1.29, 1.82) is 0 Å². The Hall–Kier alpha value is -4.40. The molecule has 0 saturated carbocycles. The summed E-state index contributed by atoms with van der Waals surface area (Å²) in [5.41, 5.74) is 2.38. The van der Waals surface area contributed by atoms with Crippen LogP contribution >= 0.6 is 0 Å². The number of rotatable bonds is 21. The second-order valence-electron chi connectivity index (χ2n) is 12.3. The fraction of sp³-hybridized carbons (Fsp3) is 0.778. The molecule has 0 amide bonds. The molecular weight excluding hydrogens is 750 g/mol. The Balaban J connectivity index is 2.86. The van der Waals surface area contributed by atoms with Gasteiger partial charge in [-0.25, -0.2) is 0 Å². The van der Waals surface area contributed by atoms with Crippen LogP contribution in [0.3, 0.4) is 0 Å². The molecule has 2 aliphatic rings. The molecular formula is C36H55NO19. The van der Waals surface area contributed by atoms with E-state index in [2.05, 4.69) is 5.48 Å². The van der Waals surface area contributed by atoms with Crippen molar-refractivity contribution < 1.29 is 90.6 Å². The summed E-state index contributed by atoms with van der Waals surface area (Å²) in [4.78, 5) is 106. The number of ether oxygens (including phenoxy) is 10. The molecule has 318 valence electrons. The zero-order chi connectivity index (χ0) is 41.9. The molecule has 1 N–H and O–H groups in total. The second-order valence-corrected chi connectivity index (χ2v) is 12.3. The molecule has 0 aliphatic carbocycles. The van der Waals surface area contributed by atoms with Gasteiger partial charge in [-0.3, -0.25) is 38.4 Å². The van der Waals surface area contributed by atoms with Gasteiger partial charge >= 0.3 is 47.8 Å². The van der Waals surface area contributed by atoms with E-state index in [0.29, 0.717) is 0 Å². The van der Waals surface area contributed by atoms with Gasteiger partial charge in [-0.1, -0.05) is 55.4 Å². The summed E-state index contributed by atoms with van der Waals surface area (Å²) < 4.78 is 58.2. The van der Waals surface area contributed by atoms with Gasteiger partial charge < -0.3 is 52.2 Å². The molecule has 2 fully saturated rings. The normalized spacial score (nSPS) is 27.1. The van der Waals surface area contributed by atoms with E-state index in [-0.39, 0.29) is 51.4 Å². The highest BCUT2D eigenvalue weighted by molar-refractivity contribution is 5.72. The van der Waals surface area contributed by atoms with E-state index in [1.807, 2.05) is 0 Å². The first-order valence-electron chi connectivity index (χ1n) is 18.9. The fourth-order valence-electron chi connectivity index (χ4n) is 5.18. The lowest BCUT2D eigenvalue weighted by atomic mass is 9.95. The summed E-state index contributed by atoms with van der Waals surface area (Å²) >= 11 is 0. The lowest BCUT2D eigenvalue weighted by molar-refractivity contribution is -0.349. The van der Waals surface area contributed by atoms with E-state index in [9.17, 15) is 38.4 Å². The predicted molar refractivity (Wildman–Crippen MR) is 185 cm³/mol. The molecule has 0 spiro atoms. The van der Waals surface area contributed by atoms with Crippen molar-refractivity contribution in [1.82, 2.24) is 5.48 Å². The van der Waals surface area contributed by atoms with Gasteiger partial charge in [0.05, 0.1) is 0 Å². The molecule has 2 rings (SSSR count). The fourth-order valence-corrected chi connectivity index (χ4v) is 5.18. The van der Waals surface area contributed by atoms with Gasteiger partial charge in [-0.05, 0) is 0 Å². The van der Waals surface area contributed by atoms with Crippen LogP contribution in [0.2, 0.25) is 0 Å². The zero-order valence-corrected chi connectivity index (χ0v) is 33.1. The third-order valence-corrected chi connectivity index (χ3v) is 8.27. The van der Waals surface area contributed by atoms with Gasteiger partial charge in [-0.15, -0.1) is 5.48 Å². The average molecular weight is 806 g/mol. The Morgan fingerprint density at radius 1 is 0.411 bits per heavy atom. The molecule has 56 heavy (non-hydrogen) atoms. The highest BCUT2D eigenvalue weighted by Gasteiger charge is 2.58. The summed E-state index contributed by atoms with van der Waals surface area (Å²) in [7, 11) is 0. The van der Waals surface area contributed by atoms with Crippen LogP contribution in [0.25, 0.3) is 0 Å². The molecule has 20 heteroatoms. The van der Waals surface area contributed by atoms with Crippen LogP contribution < -0.4 is 5.48 Å². The number of hydrogen-bond acceptors (Lipinski definition) is 20. The number of nitrogens with one attached hydrogen (secondary N) is 1. The second kappa shape index (κ2) is 24.3.